The topological polar surface area (TPSA) is 50.4 Å². The van der Waals surface area contributed by atoms with Crippen molar-refractivity contribution < 1.29 is 9.53 Å². The molecule has 2 rings (SSSR count). The first-order valence-corrected chi connectivity index (χ1v) is 8.90. The summed E-state index contributed by atoms with van der Waals surface area (Å²) in [7, 11) is 0. The Bertz CT molecular complexity index is 717. The minimum absolute atomic E-state index is 0.0601. The van der Waals surface area contributed by atoms with Crippen LogP contribution in [0.4, 0.5) is 5.69 Å². The van der Waals surface area contributed by atoms with Gasteiger partial charge in [-0.15, -0.1) is 0 Å². The zero-order chi connectivity index (χ0) is 18.2. The van der Waals surface area contributed by atoms with E-state index in [-0.39, 0.29) is 5.91 Å². The third-order valence-electron chi connectivity index (χ3n) is 3.60. The van der Waals surface area contributed by atoms with Crippen molar-refractivity contribution in [2.45, 2.75) is 27.3 Å². The normalized spacial score (nSPS) is 10.6. The zero-order valence-electron chi connectivity index (χ0n) is 14.9. The van der Waals surface area contributed by atoms with E-state index in [9.17, 15) is 4.79 Å². The molecule has 0 spiro atoms. The van der Waals surface area contributed by atoms with Crippen molar-refractivity contribution in [3.63, 3.8) is 0 Å². The van der Waals surface area contributed by atoms with Crippen LogP contribution in [0.3, 0.4) is 0 Å². The van der Waals surface area contributed by atoms with Gasteiger partial charge >= 0.3 is 0 Å². The molecule has 0 radical (unpaired) electrons. The third kappa shape index (κ3) is 5.98. The molecule has 0 heterocycles. The number of benzene rings is 2. The molecule has 5 heteroatoms. The smallest absolute Gasteiger partial charge is 0.251 e. The van der Waals surface area contributed by atoms with Crippen molar-refractivity contribution in [2.24, 2.45) is 5.92 Å². The number of hydrogen-bond acceptors (Lipinski definition) is 3. The van der Waals surface area contributed by atoms with E-state index in [0.29, 0.717) is 36.2 Å². The van der Waals surface area contributed by atoms with Gasteiger partial charge in [0.2, 0.25) is 0 Å². The lowest BCUT2D eigenvalue weighted by Crippen LogP contribution is -2.27. The van der Waals surface area contributed by atoms with E-state index < -0.39 is 0 Å². The van der Waals surface area contributed by atoms with Crippen molar-refractivity contribution in [3.05, 3.63) is 58.6 Å². The van der Waals surface area contributed by atoms with E-state index in [4.69, 9.17) is 16.3 Å². The Morgan fingerprint density at radius 1 is 1.20 bits per heavy atom. The molecule has 0 aliphatic carbocycles. The molecule has 2 N–H and O–H groups in total. The Labute approximate surface area is 154 Å². The summed E-state index contributed by atoms with van der Waals surface area (Å²) in [5.74, 6) is 1.17. The van der Waals surface area contributed by atoms with Gasteiger partial charge in [0.05, 0.1) is 6.61 Å². The molecule has 2 aromatic rings. The predicted octanol–water partition coefficient (Wildman–Crippen LogP) is 4.74. The molecule has 0 aromatic heterocycles. The van der Waals surface area contributed by atoms with Gasteiger partial charge in [-0.3, -0.25) is 4.79 Å². The van der Waals surface area contributed by atoms with E-state index in [1.165, 1.54) is 0 Å². The standard InChI is InChI=1S/C20H25ClN2O2/c1-4-25-19-9-8-17(21)10-16(19)13-22-18-7-5-6-15(11-18)20(24)23-12-14(2)3/h5-11,14,22H,4,12-13H2,1-3H3,(H,23,24). The van der Waals surface area contributed by atoms with E-state index >= 15 is 0 Å². The molecular formula is C20H25ClN2O2. The molecule has 1 amide bonds. The number of hydrogen-bond donors (Lipinski definition) is 2. The van der Waals surface area contributed by atoms with Gasteiger partial charge in [0.1, 0.15) is 5.75 Å². The molecule has 0 saturated heterocycles. The molecular weight excluding hydrogens is 336 g/mol. The van der Waals surface area contributed by atoms with Crippen LogP contribution in [0.25, 0.3) is 0 Å². The Balaban J connectivity index is 2.05. The van der Waals surface area contributed by atoms with Crippen molar-refractivity contribution in [3.8, 4) is 5.75 Å². The summed E-state index contributed by atoms with van der Waals surface area (Å²) in [5.41, 5.74) is 2.49. The summed E-state index contributed by atoms with van der Waals surface area (Å²) in [6.45, 7) is 7.91. The van der Waals surface area contributed by atoms with Crippen LogP contribution in [0, 0.1) is 5.92 Å². The molecule has 25 heavy (non-hydrogen) atoms. The fourth-order valence-corrected chi connectivity index (χ4v) is 2.54. The maximum absolute atomic E-state index is 12.2. The summed E-state index contributed by atoms with van der Waals surface area (Å²) in [6, 6.07) is 13.0. The number of carbonyl (C=O) groups excluding carboxylic acids is 1. The molecule has 0 aliphatic rings. The van der Waals surface area contributed by atoms with Crippen LogP contribution in [0.5, 0.6) is 5.75 Å². The van der Waals surface area contributed by atoms with Crippen LogP contribution in [-0.4, -0.2) is 19.1 Å². The van der Waals surface area contributed by atoms with Gasteiger partial charge in [-0.05, 0) is 49.2 Å². The molecule has 2 aromatic carbocycles. The zero-order valence-corrected chi connectivity index (χ0v) is 15.7. The highest BCUT2D eigenvalue weighted by molar-refractivity contribution is 6.30. The monoisotopic (exact) mass is 360 g/mol. The number of halogens is 1. The number of amides is 1. The second-order valence-electron chi connectivity index (χ2n) is 6.22. The molecule has 0 aliphatic heterocycles. The van der Waals surface area contributed by atoms with Gasteiger partial charge < -0.3 is 15.4 Å². The maximum atomic E-state index is 12.2. The van der Waals surface area contributed by atoms with Gasteiger partial charge in [0, 0.05) is 34.9 Å². The van der Waals surface area contributed by atoms with Crippen molar-refractivity contribution in [1.82, 2.24) is 5.32 Å². The summed E-state index contributed by atoms with van der Waals surface area (Å²) in [4.78, 5) is 12.2. The van der Waals surface area contributed by atoms with E-state index in [2.05, 4.69) is 24.5 Å². The van der Waals surface area contributed by atoms with E-state index in [1.54, 1.807) is 0 Å². The van der Waals surface area contributed by atoms with Crippen LogP contribution >= 0.6 is 11.6 Å². The first kappa shape index (κ1) is 19.1. The highest BCUT2D eigenvalue weighted by atomic mass is 35.5. The second-order valence-corrected chi connectivity index (χ2v) is 6.66. The summed E-state index contributed by atoms with van der Waals surface area (Å²) in [5, 5.41) is 6.93. The predicted molar refractivity (Wildman–Crippen MR) is 104 cm³/mol. The quantitative estimate of drug-likeness (QED) is 0.715. The number of anilines is 1. The lowest BCUT2D eigenvalue weighted by Gasteiger charge is -2.13. The number of ether oxygens (including phenoxy) is 1. The van der Waals surface area contributed by atoms with Gasteiger partial charge in [0.15, 0.2) is 0 Å². The largest absolute Gasteiger partial charge is 0.494 e. The first-order valence-electron chi connectivity index (χ1n) is 8.53. The second kappa shape index (κ2) is 9.33. The highest BCUT2D eigenvalue weighted by Gasteiger charge is 2.08. The van der Waals surface area contributed by atoms with Gasteiger partial charge in [0.25, 0.3) is 5.91 Å². The van der Waals surface area contributed by atoms with Gasteiger partial charge in [-0.2, -0.15) is 0 Å². The SMILES string of the molecule is CCOc1ccc(Cl)cc1CNc1cccc(C(=O)NCC(C)C)c1. The lowest BCUT2D eigenvalue weighted by atomic mass is 10.1. The average Bonchev–Trinajstić information content (AvgIpc) is 2.60. The van der Waals surface area contributed by atoms with Crippen molar-refractivity contribution >= 4 is 23.2 Å². The Kier molecular flexibility index (Phi) is 7.14. The summed E-state index contributed by atoms with van der Waals surface area (Å²) < 4.78 is 5.63. The van der Waals surface area contributed by atoms with E-state index in [1.807, 2.05) is 49.4 Å². The Morgan fingerprint density at radius 3 is 2.72 bits per heavy atom. The van der Waals surface area contributed by atoms with Crippen LogP contribution < -0.4 is 15.4 Å². The van der Waals surface area contributed by atoms with E-state index in [0.717, 1.165) is 17.0 Å². The Hall–Kier alpha value is -2.20. The van der Waals surface area contributed by atoms with Crippen LogP contribution in [0.2, 0.25) is 5.02 Å². The molecule has 0 bridgehead atoms. The molecule has 4 nitrogen and oxygen atoms in total. The Morgan fingerprint density at radius 2 is 2.00 bits per heavy atom. The van der Waals surface area contributed by atoms with Crippen LogP contribution in [0.15, 0.2) is 42.5 Å². The van der Waals surface area contributed by atoms with Crippen LogP contribution in [0.1, 0.15) is 36.7 Å². The summed E-state index contributed by atoms with van der Waals surface area (Å²) >= 11 is 6.09. The third-order valence-corrected chi connectivity index (χ3v) is 3.84. The average molecular weight is 361 g/mol. The molecule has 0 saturated carbocycles. The highest BCUT2D eigenvalue weighted by Crippen LogP contribution is 2.24. The van der Waals surface area contributed by atoms with Crippen molar-refractivity contribution in [1.29, 1.82) is 0 Å². The van der Waals surface area contributed by atoms with Gasteiger partial charge in [-0.1, -0.05) is 31.5 Å². The summed E-state index contributed by atoms with van der Waals surface area (Å²) in [6.07, 6.45) is 0. The fraction of sp³-hybridized carbons (Fsp3) is 0.350. The van der Waals surface area contributed by atoms with Crippen LogP contribution in [-0.2, 0) is 6.54 Å². The molecule has 0 unspecified atom stereocenters. The maximum Gasteiger partial charge on any atom is 0.251 e. The molecule has 0 fully saturated rings. The number of nitrogens with one attached hydrogen (secondary N) is 2. The molecule has 134 valence electrons. The van der Waals surface area contributed by atoms with Crippen molar-refractivity contribution in [2.75, 3.05) is 18.5 Å². The van der Waals surface area contributed by atoms with Gasteiger partial charge in [-0.25, -0.2) is 0 Å². The molecule has 0 atom stereocenters. The number of carbonyl (C=O) groups is 1. The fourth-order valence-electron chi connectivity index (χ4n) is 2.35. The number of rotatable bonds is 8. The first-order chi connectivity index (χ1) is 12.0. The minimum Gasteiger partial charge on any atom is -0.494 e. The lowest BCUT2D eigenvalue weighted by molar-refractivity contribution is 0.0949. The minimum atomic E-state index is -0.0601.